The number of urea groups is 1. The number of anilines is 2. The molecule has 0 atom stereocenters. The van der Waals surface area contributed by atoms with Crippen molar-refractivity contribution in [2.24, 2.45) is 5.73 Å². The molecule has 0 saturated carbocycles. The van der Waals surface area contributed by atoms with Gasteiger partial charge in [-0.25, -0.2) is 4.79 Å². The van der Waals surface area contributed by atoms with Gasteiger partial charge in [0.1, 0.15) is 12.4 Å². The van der Waals surface area contributed by atoms with Crippen LogP contribution in [-0.4, -0.2) is 35.4 Å². The molecule has 14 heteroatoms. The number of hydrogen-bond acceptors (Lipinski definition) is 6. The number of halogens is 5. The van der Waals surface area contributed by atoms with Gasteiger partial charge in [-0.15, -0.1) is 25.6 Å². The van der Waals surface area contributed by atoms with E-state index in [1.165, 1.54) is 22.9 Å². The third-order valence-electron chi connectivity index (χ3n) is 5.38. The highest BCUT2D eigenvalue weighted by molar-refractivity contribution is 9.10. The Balaban J connectivity index is 0.00000441. The van der Waals surface area contributed by atoms with Crippen LogP contribution in [0, 0.1) is 0 Å². The molecule has 4 aromatic rings. The molecule has 0 aliphatic rings. The summed E-state index contributed by atoms with van der Waals surface area (Å²) in [6.45, 7) is -0.446. The Kier molecular flexibility index (Phi) is 9.79. The van der Waals surface area contributed by atoms with E-state index >= 15 is 0 Å². The normalized spacial score (nSPS) is 10.9. The van der Waals surface area contributed by atoms with Gasteiger partial charge in [-0.3, -0.25) is 14.2 Å². The molecule has 0 radical (unpaired) electrons. The summed E-state index contributed by atoms with van der Waals surface area (Å²) < 4.78 is 48.1. The number of amides is 2. The fourth-order valence-electron chi connectivity index (χ4n) is 3.70. The SMILES string of the molecule is Cl.NCC(=O)OCc1ccccc1C(=O)n1cc(NC(=O)Nc2ccc(OC(F)(F)F)cc2)c2cc(Br)ccc21. The summed E-state index contributed by atoms with van der Waals surface area (Å²) in [5, 5.41) is 5.72. The van der Waals surface area contributed by atoms with Crippen LogP contribution in [-0.2, 0) is 16.1 Å². The van der Waals surface area contributed by atoms with E-state index in [9.17, 15) is 27.6 Å². The first kappa shape index (κ1) is 30.5. The van der Waals surface area contributed by atoms with Crippen LogP contribution in [0.15, 0.2) is 77.4 Å². The van der Waals surface area contributed by atoms with Crippen LogP contribution >= 0.6 is 28.3 Å². The van der Waals surface area contributed by atoms with Crippen molar-refractivity contribution in [2.45, 2.75) is 13.0 Å². The fraction of sp³-hybridized carbons (Fsp3) is 0.115. The molecule has 4 N–H and O–H groups in total. The number of esters is 1. The van der Waals surface area contributed by atoms with Crippen molar-refractivity contribution >= 4 is 68.5 Å². The minimum atomic E-state index is -4.83. The molecule has 1 aromatic heterocycles. The highest BCUT2D eigenvalue weighted by Crippen LogP contribution is 2.31. The van der Waals surface area contributed by atoms with E-state index in [0.29, 0.717) is 26.6 Å². The van der Waals surface area contributed by atoms with Gasteiger partial charge in [-0.2, -0.15) is 0 Å². The molecule has 210 valence electrons. The van der Waals surface area contributed by atoms with E-state index in [0.717, 1.165) is 12.1 Å². The third kappa shape index (κ3) is 7.52. The summed E-state index contributed by atoms with van der Waals surface area (Å²) in [6, 6.07) is 15.7. The summed E-state index contributed by atoms with van der Waals surface area (Å²) in [4.78, 5) is 37.8. The molecule has 4 rings (SSSR count). The molecule has 0 aliphatic heterocycles. The first-order valence-corrected chi connectivity index (χ1v) is 12.1. The Morgan fingerprint density at radius 3 is 2.35 bits per heavy atom. The van der Waals surface area contributed by atoms with Gasteiger partial charge < -0.3 is 25.8 Å². The molecular formula is C26H21BrClF3N4O5. The van der Waals surface area contributed by atoms with Crippen LogP contribution in [0.2, 0.25) is 0 Å². The average Bonchev–Trinajstić information content (AvgIpc) is 3.24. The van der Waals surface area contributed by atoms with E-state index in [4.69, 9.17) is 10.5 Å². The lowest BCUT2D eigenvalue weighted by Gasteiger charge is -2.10. The van der Waals surface area contributed by atoms with Gasteiger partial charge in [0.15, 0.2) is 0 Å². The van der Waals surface area contributed by atoms with E-state index < -0.39 is 30.0 Å². The molecule has 0 saturated heterocycles. The second-order valence-corrected chi connectivity index (χ2v) is 8.97. The van der Waals surface area contributed by atoms with Crippen LogP contribution in [0.4, 0.5) is 29.3 Å². The monoisotopic (exact) mass is 640 g/mol. The first-order chi connectivity index (χ1) is 18.5. The van der Waals surface area contributed by atoms with E-state index in [-0.39, 0.29) is 36.8 Å². The Morgan fingerprint density at radius 2 is 1.68 bits per heavy atom. The highest BCUT2D eigenvalue weighted by atomic mass is 79.9. The van der Waals surface area contributed by atoms with Crippen molar-refractivity contribution in [3.05, 3.63) is 88.5 Å². The maximum atomic E-state index is 13.6. The fourth-order valence-corrected chi connectivity index (χ4v) is 4.06. The Morgan fingerprint density at radius 1 is 0.975 bits per heavy atom. The molecular weight excluding hydrogens is 621 g/mol. The number of benzene rings is 3. The number of fused-ring (bicyclic) bond motifs is 1. The van der Waals surface area contributed by atoms with Gasteiger partial charge in [0.25, 0.3) is 5.91 Å². The summed E-state index contributed by atoms with van der Waals surface area (Å²) >= 11 is 3.38. The molecule has 9 nitrogen and oxygen atoms in total. The number of hydrogen-bond donors (Lipinski definition) is 3. The van der Waals surface area contributed by atoms with Crippen molar-refractivity contribution in [1.29, 1.82) is 0 Å². The predicted molar refractivity (Wildman–Crippen MR) is 148 cm³/mol. The van der Waals surface area contributed by atoms with Crippen LogP contribution in [0.1, 0.15) is 15.9 Å². The first-order valence-electron chi connectivity index (χ1n) is 11.3. The van der Waals surface area contributed by atoms with E-state index in [1.54, 1.807) is 42.5 Å². The summed E-state index contributed by atoms with van der Waals surface area (Å²) in [5.74, 6) is -1.48. The Hall–Kier alpha value is -4.07. The predicted octanol–water partition coefficient (Wildman–Crippen LogP) is 6.06. The second kappa shape index (κ2) is 12.9. The Labute approximate surface area is 240 Å². The lowest BCUT2D eigenvalue weighted by atomic mass is 10.1. The van der Waals surface area contributed by atoms with Gasteiger partial charge in [-0.1, -0.05) is 34.1 Å². The van der Waals surface area contributed by atoms with Gasteiger partial charge in [0, 0.05) is 32.9 Å². The lowest BCUT2D eigenvalue weighted by Crippen LogP contribution is -2.20. The Bertz CT molecular complexity index is 1540. The number of rotatable bonds is 7. The molecule has 1 heterocycles. The van der Waals surface area contributed by atoms with E-state index in [1.807, 2.05) is 0 Å². The minimum Gasteiger partial charge on any atom is -0.460 e. The summed E-state index contributed by atoms with van der Waals surface area (Å²) in [7, 11) is 0. The zero-order valence-corrected chi connectivity index (χ0v) is 22.7. The zero-order valence-electron chi connectivity index (χ0n) is 20.3. The molecule has 0 bridgehead atoms. The molecule has 40 heavy (non-hydrogen) atoms. The van der Waals surface area contributed by atoms with Gasteiger partial charge >= 0.3 is 18.4 Å². The number of ether oxygens (including phenoxy) is 2. The number of alkyl halides is 3. The molecule has 2 amide bonds. The quantitative estimate of drug-likeness (QED) is 0.211. The molecule has 0 aliphatic carbocycles. The number of nitrogens with one attached hydrogen (secondary N) is 2. The number of carbonyl (C=O) groups excluding carboxylic acids is 3. The number of nitrogens with zero attached hydrogens (tertiary/aromatic N) is 1. The lowest BCUT2D eigenvalue weighted by molar-refractivity contribution is -0.274. The molecule has 0 fully saturated rings. The number of nitrogens with two attached hydrogens (primary N) is 1. The topological polar surface area (TPSA) is 125 Å². The maximum absolute atomic E-state index is 13.6. The number of carbonyl (C=O) groups is 3. The van der Waals surface area contributed by atoms with Gasteiger partial charge in [-0.05, 0) is 48.5 Å². The maximum Gasteiger partial charge on any atom is 0.573 e. The molecule has 0 spiro atoms. The number of aromatic nitrogens is 1. The van der Waals surface area contributed by atoms with Crippen molar-refractivity contribution in [1.82, 2.24) is 4.57 Å². The third-order valence-corrected chi connectivity index (χ3v) is 5.88. The summed E-state index contributed by atoms with van der Waals surface area (Å²) in [6.07, 6.45) is -3.39. The van der Waals surface area contributed by atoms with Crippen molar-refractivity contribution in [3.63, 3.8) is 0 Å². The smallest absolute Gasteiger partial charge is 0.460 e. The standard InChI is InChI=1S/C26H20BrF3N4O5.ClH/c27-16-5-10-22-20(11-16)21(33-25(37)32-17-6-8-18(9-7-17)39-26(28,29)30)13-34(22)24(36)19-4-2-1-3-15(19)14-38-23(35)12-31;/h1-11,13H,12,14,31H2,(H2,32,33,37);1H. The van der Waals surface area contributed by atoms with Crippen molar-refractivity contribution in [2.75, 3.05) is 17.2 Å². The highest BCUT2D eigenvalue weighted by Gasteiger charge is 2.31. The van der Waals surface area contributed by atoms with Gasteiger partial charge in [0.2, 0.25) is 0 Å². The molecule has 3 aromatic carbocycles. The second-order valence-electron chi connectivity index (χ2n) is 8.05. The largest absolute Gasteiger partial charge is 0.573 e. The van der Waals surface area contributed by atoms with Crippen molar-refractivity contribution in [3.8, 4) is 5.75 Å². The zero-order chi connectivity index (χ0) is 28.2. The van der Waals surface area contributed by atoms with E-state index in [2.05, 4.69) is 31.3 Å². The minimum absolute atomic E-state index is 0. The summed E-state index contributed by atoms with van der Waals surface area (Å²) in [5.41, 5.74) is 7.02. The van der Waals surface area contributed by atoms with Crippen LogP contribution in [0.25, 0.3) is 10.9 Å². The van der Waals surface area contributed by atoms with Crippen LogP contribution in [0.5, 0.6) is 5.75 Å². The van der Waals surface area contributed by atoms with Crippen molar-refractivity contribution < 1.29 is 37.0 Å². The average molecular weight is 642 g/mol. The van der Waals surface area contributed by atoms with Crippen LogP contribution in [0.3, 0.4) is 0 Å². The van der Waals surface area contributed by atoms with Crippen LogP contribution < -0.4 is 21.1 Å². The molecule has 0 unspecified atom stereocenters. The van der Waals surface area contributed by atoms with Gasteiger partial charge in [0.05, 0.1) is 17.7 Å².